The predicted molar refractivity (Wildman–Crippen MR) is 83.0 cm³/mol. The van der Waals surface area contributed by atoms with E-state index in [1.165, 1.54) is 6.42 Å². The number of carbonyl (C=O) groups excluding carboxylic acids is 1. The highest BCUT2D eigenvalue weighted by atomic mass is 16.5. The van der Waals surface area contributed by atoms with Crippen LogP contribution in [0.5, 0.6) is 0 Å². The van der Waals surface area contributed by atoms with Gasteiger partial charge in [-0.15, -0.1) is 0 Å². The summed E-state index contributed by atoms with van der Waals surface area (Å²) in [6.07, 6.45) is 3.84. The largest absolute Gasteiger partial charge is 0.481 e. The normalized spacial score (nSPS) is 13.2. The minimum absolute atomic E-state index is 0.130. The quantitative estimate of drug-likeness (QED) is 0.362. The van der Waals surface area contributed by atoms with Crippen LogP contribution in [0.3, 0.4) is 0 Å². The van der Waals surface area contributed by atoms with Gasteiger partial charge in [-0.25, -0.2) is 0 Å². The van der Waals surface area contributed by atoms with Crippen LogP contribution in [-0.4, -0.2) is 55.3 Å². The Kier molecular flexibility index (Phi) is 9.26. The topological polar surface area (TPSA) is 63.6 Å². The summed E-state index contributed by atoms with van der Waals surface area (Å²) in [5, 5.41) is 8.89. The van der Waals surface area contributed by atoms with Crippen LogP contribution in [0.2, 0.25) is 0 Å². The molecule has 0 rings (SSSR count). The van der Waals surface area contributed by atoms with Crippen molar-refractivity contribution in [1.82, 2.24) is 0 Å². The molecule has 0 aromatic rings. The first-order valence-corrected chi connectivity index (χ1v) is 7.82. The first kappa shape index (κ1) is 19.9. The van der Waals surface area contributed by atoms with Crippen molar-refractivity contribution in [3.05, 3.63) is 0 Å². The zero-order valence-electron chi connectivity index (χ0n) is 14.2. The number of hydrogen-bond acceptors (Lipinski definition) is 3. The number of carboxylic acids is 1. The van der Waals surface area contributed by atoms with E-state index >= 15 is 0 Å². The van der Waals surface area contributed by atoms with E-state index in [4.69, 9.17) is 9.84 Å². The van der Waals surface area contributed by atoms with Gasteiger partial charge >= 0.3 is 11.9 Å². The number of quaternary nitrogens is 1. The number of nitrogens with zero attached hydrogens (tertiary/aromatic N) is 1. The Morgan fingerprint density at radius 3 is 2.19 bits per heavy atom. The van der Waals surface area contributed by atoms with Crippen LogP contribution in [0.1, 0.15) is 52.4 Å². The van der Waals surface area contributed by atoms with Crippen molar-refractivity contribution < 1.29 is 23.9 Å². The highest BCUT2D eigenvalue weighted by Crippen LogP contribution is 2.11. The molecule has 0 saturated carbocycles. The zero-order chi connectivity index (χ0) is 16.5. The summed E-state index contributed by atoms with van der Waals surface area (Å²) in [5.41, 5.74) is 0. The third-order valence-electron chi connectivity index (χ3n) is 3.11. The number of unbranched alkanes of at least 4 members (excludes halogenated alkanes) is 2. The van der Waals surface area contributed by atoms with Crippen LogP contribution in [0.25, 0.3) is 0 Å². The van der Waals surface area contributed by atoms with Crippen molar-refractivity contribution in [3.8, 4) is 0 Å². The molecule has 0 spiro atoms. The summed E-state index contributed by atoms with van der Waals surface area (Å²) < 4.78 is 5.90. The van der Waals surface area contributed by atoms with Crippen molar-refractivity contribution in [2.45, 2.75) is 58.5 Å². The van der Waals surface area contributed by atoms with Gasteiger partial charge < -0.3 is 14.3 Å². The molecule has 1 atom stereocenters. The average molecular weight is 302 g/mol. The number of aliphatic carboxylic acids is 1. The van der Waals surface area contributed by atoms with E-state index in [-0.39, 0.29) is 12.4 Å². The fourth-order valence-electron chi connectivity index (χ4n) is 2.19. The molecule has 0 aliphatic carbocycles. The summed E-state index contributed by atoms with van der Waals surface area (Å²) in [6, 6.07) is 0. The summed E-state index contributed by atoms with van der Waals surface area (Å²) in [5.74, 6) is -0.515. The molecule has 0 aromatic carbocycles. The fourth-order valence-corrected chi connectivity index (χ4v) is 2.19. The van der Waals surface area contributed by atoms with Crippen LogP contribution < -0.4 is 0 Å². The number of carbonyl (C=O) groups is 2. The molecule has 0 radical (unpaired) electrons. The Morgan fingerprint density at radius 2 is 1.71 bits per heavy atom. The van der Waals surface area contributed by atoms with Gasteiger partial charge in [0.15, 0.2) is 6.10 Å². The number of esters is 1. The minimum Gasteiger partial charge on any atom is -0.481 e. The first-order valence-electron chi connectivity index (χ1n) is 7.82. The Balaban J connectivity index is 4.07. The molecule has 1 unspecified atom stereocenters. The fraction of sp³-hybridized carbons (Fsp3) is 0.875. The molecule has 0 saturated heterocycles. The predicted octanol–water partition coefficient (Wildman–Crippen LogP) is 2.69. The van der Waals surface area contributed by atoms with Gasteiger partial charge in [0.25, 0.3) is 0 Å². The lowest BCUT2D eigenvalue weighted by atomic mass is 10.0. The molecule has 0 heterocycles. The summed E-state index contributed by atoms with van der Waals surface area (Å²) in [7, 11) is 5.86. The maximum absolute atomic E-state index is 11.8. The van der Waals surface area contributed by atoms with Crippen molar-refractivity contribution >= 4 is 11.9 Å². The van der Waals surface area contributed by atoms with Crippen LogP contribution in [0, 0.1) is 5.92 Å². The van der Waals surface area contributed by atoms with Gasteiger partial charge in [-0.3, -0.25) is 9.59 Å². The van der Waals surface area contributed by atoms with E-state index in [2.05, 4.69) is 13.8 Å². The van der Waals surface area contributed by atoms with Gasteiger partial charge in [-0.2, -0.15) is 0 Å². The third-order valence-corrected chi connectivity index (χ3v) is 3.11. The minimum atomic E-state index is -0.932. The molecule has 1 N–H and O–H groups in total. The van der Waals surface area contributed by atoms with Gasteiger partial charge in [-0.1, -0.05) is 33.1 Å². The van der Waals surface area contributed by atoms with E-state index in [0.29, 0.717) is 23.4 Å². The number of carboxylic acid groups (broad SMARTS) is 1. The maximum Gasteiger partial charge on any atom is 0.307 e. The van der Waals surface area contributed by atoms with E-state index in [1.54, 1.807) is 0 Å². The molecule has 0 aliphatic heterocycles. The molecule has 0 bridgehead atoms. The monoisotopic (exact) mass is 302 g/mol. The van der Waals surface area contributed by atoms with Gasteiger partial charge in [0, 0.05) is 6.42 Å². The molecule has 5 nitrogen and oxygen atoms in total. The van der Waals surface area contributed by atoms with Crippen LogP contribution in [-0.2, 0) is 14.3 Å². The number of hydrogen-bond donors (Lipinski definition) is 1. The van der Waals surface area contributed by atoms with Crippen molar-refractivity contribution in [1.29, 1.82) is 0 Å². The van der Waals surface area contributed by atoms with Gasteiger partial charge in [0.05, 0.1) is 27.6 Å². The van der Waals surface area contributed by atoms with Gasteiger partial charge in [-0.05, 0) is 12.3 Å². The van der Waals surface area contributed by atoms with Gasteiger partial charge in [0.2, 0.25) is 0 Å². The van der Waals surface area contributed by atoms with E-state index in [9.17, 15) is 9.59 Å². The second kappa shape index (κ2) is 9.77. The average Bonchev–Trinajstić information content (AvgIpc) is 2.24. The van der Waals surface area contributed by atoms with Crippen LogP contribution >= 0.6 is 0 Å². The molecular formula is C16H32NO4+. The summed E-state index contributed by atoms with van der Waals surface area (Å²) >= 11 is 0. The van der Waals surface area contributed by atoms with E-state index in [0.717, 1.165) is 19.3 Å². The highest BCUT2D eigenvalue weighted by molar-refractivity contribution is 5.71. The molecule has 0 fully saturated rings. The second-order valence-corrected chi connectivity index (χ2v) is 7.18. The lowest BCUT2D eigenvalue weighted by Gasteiger charge is -2.28. The molecule has 124 valence electrons. The molecule has 0 aliphatic rings. The molecular weight excluding hydrogens is 270 g/mol. The molecule has 21 heavy (non-hydrogen) atoms. The smallest absolute Gasteiger partial charge is 0.307 e. The van der Waals surface area contributed by atoms with E-state index < -0.39 is 12.1 Å². The number of rotatable bonds is 11. The Bertz CT molecular complexity index is 321. The zero-order valence-corrected chi connectivity index (χ0v) is 14.2. The molecule has 0 amide bonds. The number of ether oxygens (including phenoxy) is 1. The van der Waals surface area contributed by atoms with Crippen molar-refractivity contribution in [2.24, 2.45) is 5.92 Å². The standard InChI is InChI=1S/C16H31NO4/c1-13(2)9-7-6-8-10-16(20)21-14(11-15(18)19)12-17(3,4)5/h13-14H,6-12H2,1-5H3/p+1. The maximum atomic E-state index is 11.8. The summed E-state index contributed by atoms with van der Waals surface area (Å²) in [4.78, 5) is 22.6. The Morgan fingerprint density at radius 1 is 1.10 bits per heavy atom. The second-order valence-electron chi connectivity index (χ2n) is 7.18. The molecule has 5 heteroatoms. The Labute approximate surface area is 128 Å². The highest BCUT2D eigenvalue weighted by Gasteiger charge is 2.24. The van der Waals surface area contributed by atoms with Crippen LogP contribution in [0.15, 0.2) is 0 Å². The van der Waals surface area contributed by atoms with Gasteiger partial charge in [0.1, 0.15) is 6.54 Å². The lowest BCUT2D eigenvalue weighted by Crippen LogP contribution is -2.43. The SMILES string of the molecule is CC(C)CCCCCC(=O)OC(CC(=O)O)C[N+](C)(C)C. The third kappa shape index (κ3) is 13.6. The molecule has 0 aromatic heterocycles. The number of likely N-dealkylation sites (N-methyl/N-ethyl adjacent to an activating group) is 1. The Hall–Kier alpha value is -1.10. The van der Waals surface area contributed by atoms with E-state index in [1.807, 2.05) is 21.1 Å². The summed E-state index contributed by atoms with van der Waals surface area (Å²) in [6.45, 7) is 4.89. The van der Waals surface area contributed by atoms with Crippen molar-refractivity contribution in [3.63, 3.8) is 0 Å². The first-order chi connectivity index (χ1) is 9.60. The van der Waals surface area contributed by atoms with Crippen molar-refractivity contribution in [2.75, 3.05) is 27.7 Å². The van der Waals surface area contributed by atoms with Crippen LogP contribution in [0.4, 0.5) is 0 Å². The lowest BCUT2D eigenvalue weighted by molar-refractivity contribution is -0.873.